The van der Waals surface area contributed by atoms with E-state index in [9.17, 15) is 22.8 Å². The van der Waals surface area contributed by atoms with Crippen LogP contribution in [-0.4, -0.2) is 76.9 Å². The quantitative estimate of drug-likeness (QED) is 0.456. The summed E-state index contributed by atoms with van der Waals surface area (Å²) in [6.45, 7) is 6.30. The van der Waals surface area contributed by atoms with Gasteiger partial charge in [-0.3, -0.25) is 9.59 Å². The number of hydrogen-bond acceptors (Lipinski definition) is 7. The zero-order chi connectivity index (χ0) is 28.3. The summed E-state index contributed by atoms with van der Waals surface area (Å²) >= 11 is 6.32. The van der Waals surface area contributed by atoms with E-state index >= 15 is 0 Å². The first-order valence-electron chi connectivity index (χ1n) is 13.0. The van der Waals surface area contributed by atoms with E-state index in [1.165, 1.54) is 0 Å². The van der Waals surface area contributed by atoms with Gasteiger partial charge in [-0.05, 0) is 51.9 Å². The second-order valence-corrected chi connectivity index (χ2v) is 10.7. The summed E-state index contributed by atoms with van der Waals surface area (Å²) in [6.07, 6.45) is -2.17. The van der Waals surface area contributed by atoms with Crippen LogP contribution in [0.1, 0.15) is 49.0 Å². The Morgan fingerprint density at radius 1 is 1.13 bits per heavy atom. The lowest BCUT2D eigenvalue weighted by Gasteiger charge is -2.32. The number of likely N-dealkylation sites (N-methyl/N-ethyl adjacent to an activating group) is 1. The van der Waals surface area contributed by atoms with Gasteiger partial charge in [-0.15, -0.1) is 0 Å². The van der Waals surface area contributed by atoms with Crippen LogP contribution in [0.4, 0.5) is 30.6 Å². The van der Waals surface area contributed by atoms with Crippen LogP contribution in [0.25, 0.3) is 0 Å². The summed E-state index contributed by atoms with van der Waals surface area (Å²) in [5.74, 6) is -1.39. The standard InChI is InChI=1S/C26H33ClF3N7O2/c1-15(2)32-23(38)17-5-4-6-21(17)34-22-19(26(28,29)30)14-31-25(35-22)33-16-7-8-20(27)18(13-16)24(39)37-11-9-36(3)10-12-37/h7-8,13-15,17,21H,4-6,9-12H2,1-3H3,(H,32,38)(H2,31,33,34,35)/t17-,21+/m0/s1. The van der Waals surface area contributed by atoms with E-state index in [1.807, 2.05) is 20.9 Å². The van der Waals surface area contributed by atoms with Crippen molar-refractivity contribution in [2.24, 2.45) is 5.92 Å². The number of hydrogen-bond donors (Lipinski definition) is 3. The number of nitrogens with zero attached hydrogens (tertiary/aromatic N) is 4. The molecule has 4 rings (SSSR count). The van der Waals surface area contributed by atoms with Crippen molar-refractivity contribution in [2.75, 3.05) is 43.9 Å². The second kappa shape index (κ2) is 12.0. The molecule has 0 unspecified atom stereocenters. The van der Waals surface area contributed by atoms with Gasteiger partial charge in [0.05, 0.1) is 16.5 Å². The highest BCUT2D eigenvalue weighted by Crippen LogP contribution is 2.37. The molecular weight excluding hydrogens is 535 g/mol. The fraction of sp³-hybridized carbons (Fsp3) is 0.538. The molecule has 0 bridgehead atoms. The highest BCUT2D eigenvalue weighted by molar-refractivity contribution is 6.34. The number of piperazine rings is 1. The third-order valence-electron chi connectivity index (χ3n) is 6.94. The molecule has 212 valence electrons. The highest BCUT2D eigenvalue weighted by Gasteiger charge is 2.39. The molecule has 1 aromatic heterocycles. The number of rotatable bonds is 7. The first-order valence-corrected chi connectivity index (χ1v) is 13.4. The Balaban J connectivity index is 1.56. The number of carbonyl (C=O) groups excluding carboxylic acids is 2. The van der Waals surface area contributed by atoms with Gasteiger partial charge < -0.3 is 25.8 Å². The molecule has 9 nitrogen and oxygen atoms in total. The average Bonchev–Trinajstić information content (AvgIpc) is 3.32. The maximum atomic E-state index is 13.8. The Hall–Kier alpha value is -3.12. The van der Waals surface area contributed by atoms with E-state index < -0.39 is 29.5 Å². The fourth-order valence-electron chi connectivity index (χ4n) is 4.85. The molecule has 3 N–H and O–H groups in total. The molecule has 1 aliphatic carbocycles. The lowest BCUT2D eigenvalue weighted by atomic mass is 10.0. The Labute approximate surface area is 230 Å². The third-order valence-corrected chi connectivity index (χ3v) is 7.27. The van der Waals surface area contributed by atoms with Gasteiger partial charge >= 0.3 is 6.18 Å². The average molecular weight is 568 g/mol. The lowest BCUT2D eigenvalue weighted by molar-refractivity contribution is -0.137. The van der Waals surface area contributed by atoms with Crippen LogP contribution >= 0.6 is 11.6 Å². The molecule has 0 radical (unpaired) electrons. The van der Waals surface area contributed by atoms with Crippen molar-refractivity contribution in [1.82, 2.24) is 25.1 Å². The summed E-state index contributed by atoms with van der Waals surface area (Å²) in [7, 11) is 1.99. The van der Waals surface area contributed by atoms with Gasteiger partial charge in [-0.25, -0.2) is 4.98 Å². The van der Waals surface area contributed by atoms with Gasteiger partial charge in [0.25, 0.3) is 5.91 Å². The SMILES string of the molecule is CC(C)NC(=O)[C@H]1CCC[C@H]1Nc1nc(Nc2ccc(Cl)c(C(=O)N3CCN(C)CC3)c2)ncc1C(F)(F)F. The number of nitrogens with one attached hydrogen (secondary N) is 3. The molecule has 1 saturated heterocycles. The molecular formula is C26H33ClF3N7O2. The smallest absolute Gasteiger partial charge is 0.366 e. The Kier molecular flexibility index (Phi) is 8.85. The number of halogens is 4. The molecule has 2 amide bonds. The molecule has 2 aliphatic rings. The molecule has 1 saturated carbocycles. The number of benzene rings is 1. The Morgan fingerprint density at radius 2 is 1.85 bits per heavy atom. The van der Waals surface area contributed by atoms with Crippen LogP contribution in [-0.2, 0) is 11.0 Å². The van der Waals surface area contributed by atoms with Crippen LogP contribution in [0, 0.1) is 5.92 Å². The molecule has 2 heterocycles. The molecule has 1 aliphatic heterocycles. The summed E-state index contributed by atoms with van der Waals surface area (Å²) < 4.78 is 41.4. The third kappa shape index (κ3) is 7.10. The largest absolute Gasteiger partial charge is 0.421 e. The zero-order valence-electron chi connectivity index (χ0n) is 22.1. The minimum atomic E-state index is -4.70. The molecule has 1 aromatic carbocycles. The monoisotopic (exact) mass is 567 g/mol. The van der Waals surface area contributed by atoms with E-state index in [0.717, 1.165) is 13.1 Å². The van der Waals surface area contributed by atoms with Crippen molar-refractivity contribution in [3.63, 3.8) is 0 Å². The molecule has 2 fully saturated rings. The van der Waals surface area contributed by atoms with Gasteiger partial charge in [0.2, 0.25) is 11.9 Å². The molecule has 39 heavy (non-hydrogen) atoms. The fourth-order valence-corrected chi connectivity index (χ4v) is 5.05. The molecule has 13 heteroatoms. The van der Waals surface area contributed by atoms with Crippen molar-refractivity contribution < 1.29 is 22.8 Å². The number of anilines is 3. The van der Waals surface area contributed by atoms with Gasteiger partial charge in [-0.1, -0.05) is 18.0 Å². The van der Waals surface area contributed by atoms with Crippen LogP contribution < -0.4 is 16.0 Å². The number of alkyl halides is 3. The predicted molar refractivity (Wildman–Crippen MR) is 143 cm³/mol. The van der Waals surface area contributed by atoms with Crippen LogP contribution in [0.5, 0.6) is 0 Å². The van der Waals surface area contributed by atoms with Crippen molar-refractivity contribution >= 4 is 40.9 Å². The summed E-state index contributed by atoms with van der Waals surface area (Å²) in [5, 5.41) is 8.88. The van der Waals surface area contributed by atoms with Gasteiger partial charge in [0.15, 0.2) is 0 Å². The Bertz CT molecular complexity index is 1200. The van der Waals surface area contributed by atoms with E-state index in [-0.39, 0.29) is 34.4 Å². The minimum absolute atomic E-state index is 0.0771. The van der Waals surface area contributed by atoms with Crippen LogP contribution in [0.3, 0.4) is 0 Å². The van der Waals surface area contributed by atoms with Gasteiger partial charge in [0, 0.05) is 50.1 Å². The van der Waals surface area contributed by atoms with Crippen molar-refractivity contribution in [1.29, 1.82) is 0 Å². The van der Waals surface area contributed by atoms with E-state index in [1.54, 1.807) is 23.1 Å². The van der Waals surface area contributed by atoms with Crippen molar-refractivity contribution in [2.45, 2.75) is 51.4 Å². The molecule has 0 spiro atoms. The van der Waals surface area contributed by atoms with E-state index in [4.69, 9.17) is 11.6 Å². The number of amides is 2. The van der Waals surface area contributed by atoms with Crippen LogP contribution in [0.2, 0.25) is 5.02 Å². The first-order chi connectivity index (χ1) is 18.4. The van der Waals surface area contributed by atoms with Crippen molar-refractivity contribution in [3.05, 3.63) is 40.5 Å². The highest BCUT2D eigenvalue weighted by atomic mass is 35.5. The Morgan fingerprint density at radius 3 is 2.51 bits per heavy atom. The number of carbonyl (C=O) groups is 2. The van der Waals surface area contributed by atoms with Gasteiger partial charge in [0.1, 0.15) is 11.4 Å². The molecule has 2 aromatic rings. The summed E-state index contributed by atoms with van der Waals surface area (Å²) in [4.78, 5) is 37.6. The predicted octanol–water partition coefficient (Wildman–Crippen LogP) is 4.39. The second-order valence-electron chi connectivity index (χ2n) is 10.3. The summed E-state index contributed by atoms with van der Waals surface area (Å²) in [6, 6.07) is 4.11. The topological polar surface area (TPSA) is 102 Å². The maximum Gasteiger partial charge on any atom is 0.421 e. The van der Waals surface area contributed by atoms with E-state index in [0.29, 0.717) is 44.2 Å². The van der Waals surface area contributed by atoms with E-state index in [2.05, 4.69) is 30.8 Å². The van der Waals surface area contributed by atoms with Crippen molar-refractivity contribution in [3.8, 4) is 0 Å². The van der Waals surface area contributed by atoms with Gasteiger partial charge in [-0.2, -0.15) is 18.2 Å². The number of aromatic nitrogens is 2. The lowest BCUT2D eigenvalue weighted by Crippen LogP contribution is -2.47. The zero-order valence-corrected chi connectivity index (χ0v) is 22.9. The first kappa shape index (κ1) is 28.9. The summed E-state index contributed by atoms with van der Waals surface area (Å²) in [5.41, 5.74) is -0.343. The maximum absolute atomic E-state index is 13.8. The normalized spacial score (nSPS) is 20.3. The molecule has 2 atom stereocenters. The minimum Gasteiger partial charge on any atom is -0.366 e. The van der Waals surface area contributed by atoms with Crippen LogP contribution in [0.15, 0.2) is 24.4 Å².